The van der Waals surface area contributed by atoms with Gasteiger partial charge in [0.15, 0.2) is 17.2 Å². The minimum absolute atomic E-state index is 0.0531. The third kappa shape index (κ3) is 1.63. The molecular formula is C8H8N2O4. The van der Waals surface area contributed by atoms with Gasteiger partial charge in [-0.15, -0.1) is 4.91 Å². The normalized spacial score (nSPS) is 9.50. The molecule has 1 amide bonds. The molecule has 0 saturated heterocycles. The van der Waals surface area contributed by atoms with Crippen LogP contribution in [0.25, 0.3) is 0 Å². The Kier molecular flexibility index (Phi) is 2.66. The SMILES string of the molecule is CNC(=O)c1cc(O)c(O)c(N=O)c1. The molecule has 1 rings (SSSR count). The minimum Gasteiger partial charge on any atom is -0.504 e. The fourth-order valence-electron chi connectivity index (χ4n) is 0.949. The average Bonchev–Trinajstić information content (AvgIpc) is 2.20. The summed E-state index contributed by atoms with van der Waals surface area (Å²) in [5, 5.41) is 23.0. The maximum Gasteiger partial charge on any atom is 0.251 e. The van der Waals surface area contributed by atoms with Crippen LogP contribution in [0.4, 0.5) is 5.69 Å². The molecule has 0 atom stereocenters. The highest BCUT2D eigenvalue weighted by molar-refractivity contribution is 5.95. The molecule has 0 radical (unpaired) electrons. The molecule has 0 aliphatic carbocycles. The lowest BCUT2D eigenvalue weighted by Gasteiger charge is -2.03. The average molecular weight is 196 g/mol. The Morgan fingerprint density at radius 3 is 2.57 bits per heavy atom. The van der Waals surface area contributed by atoms with Gasteiger partial charge in [-0.25, -0.2) is 0 Å². The van der Waals surface area contributed by atoms with Crippen molar-refractivity contribution in [1.29, 1.82) is 0 Å². The molecule has 0 bridgehead atoms. The number of phenols is 2. The van der Waals surface area contributed by atoms with E-state index in [1.54, 1.807) is 0 Å². The number of amides is 1. The Balaban J connectivity index is 3.29. The number of hydrogen-bond donors (Lipinski definition) is 3. The quantitative estimate of drug-likeness (QED) is 0.482. The number of benzene rings is 1. The van der Waals surface area contributed by atoms with E-state index in [1.165, 1.54) is 7.05 Å². The summed E-state index contributed by atoms with van der Waals surface area (Å²) >= 11 is 0. The van der Waals surface area contributed by atoms with E-state index < -0.39 is 17.4 Å². The fourth-order valence-corrected chi connectivity index (χ4v) is 0.949. The van der Waals surface area contributed by atoms with Crippen molar-refractivity contribution in [3.8, 4) is 11.5 Å². The Bertz CT molecular complexity index is 389. The number of phenolic OH excluding ortho intramolecular Hbond substituents is 2. The lowest BCUT2D eigenvalue weighted by Crippen LogP contribution is -2.17. The smallest absolute Gasteiger partial charge is 0.251 e. The zero-order valence-corrected chi connectivity index (χ0v) is 7.31. The van der Waals surface area contributed by atoms with Gasteiger partial charge in [-0.2, -0.15) is 0 Å². The maximum absolute atomic E-state index is 11.1. The molecule has 6 heteroatoms. The summed E-state index contributed by atoms with van der Waals surface area (Å²) in [6.45, 7) is 0. The first-order valence-corrected chi connectivity index (χ1v) is 3.71. The van der Waals surface area contributed by atoms with Crippen LogP contribution in [0.1, 0.15) is 10.4 Å². The van der Waals surface area contributed by atoms with Gasteiger partial charge in [-0.3, -0.25) is 4.79 Å². The minimum atomic E-state index is -0.632. The summed E-state index contributed by atoms with van der Waals surface area (Å²) in [6, 6.07) is 2.13. The summed E-state index contributed by atoms with van der Waals surface area (Å²) in [5.74, 6) is -1.67. The van der Waals surface area contributed by atoms with E-state index in [4.69, 9.17) is 10.2 Å². The van der Waals surface area contributed by atoms with Crippen molar-refractivity contribution >= 4 is 11.6 Å². The fraction of sp³-hybridized carbons (Fsp3) is 0.125. The molecule has 3 N–H and O–H groups in total. The molecule has 0 saturated carbocycles. The Morgan fingerprint density at radius 1 is 1.43 bits per heavy atom. The number of carbonyl (C=O) groups excluding carboxylic acids is 1. The van der Waals surface area contributed by atoms with E-state index in [9.17, 15) is 9.70 Å². The molecule has 0 unspecified atom stereocenters. The van der Waals surface area contributed by atoms with Gasteiger partial charge in [0.2, 0.25) is 0 Å². The Morgan fingerprint density at radius 2 is 2.07 bits per heavy atom. The van der Waals surface area contributed by atoms with E-state index >= 15 is 0 Å². The molecule has 14 heavy (non-hydrogen) atoms. The highest BCUT2D eigenvalue weighted by Gasteiger charge is 2.13. The largest absolute Gasteiger partial charge is 0.504 e. The van der Waals surface area contributed by atoms with Gasteiger partial charge >= 0.3 is 0 Å². The number of aromatic hydroxyl groups is 2. The lowest BCUT2D eigenvalue weighted by molar-refractivity contribution is 0.0962. The lowest BCUT2D eigenvalue weighted by atomic mass is 10.1. The monoisotopic (exact) mass is 196 g/mol. The van der Waals surface area contributed by atoms with Gasteiger partial charge in [0, 0.05) is 12.6 Å². The van der Waals surface area contributed by atoms with Crippen LogP contribution in [0.15, 0.2) is 17.3 Å². The summed E-state index contributed by atoms with van der Waals surface area (Å²) in [5.41, 5.74) is -0.319. The zero-order chi connectivity index (χ0) is 10.7. The first-order chi connectivity index (χ1) is 6.60. The molecule has 1 aromatic rings. The van der Waals surface area contributed by atoms with Crippen LogP contribution >= 0.6 is 0 Å². The molecule has 0 aliphatic heterocycles. The van der Waals surface area contributed by atoms with Crippen LogP contribution in [0.5, 0.6) is 11.5 Å². The number of hydrogen-bond acceptors (Lipinski definition) is 5. The van der Waals surface area contributed by atoms with E-state index in [2.05, 4.69) is 10.5 Å². The topological polar surface area (TPSA) is 99.0 Å². The van der Waals surface area contributed by atoms with Crippen LogP contribution in [0, 0.1) is 4.91 Å². The van der Waals surface area contributed by atoms with Crippen LogP contribution < -0.4 is 5.32 Å². The molecule has 1 aromatic carbocycles. The summed E-state index contributed by atoms with van der Waals surface area (Å²) in [6.07, 6.45) is 0. The van der Waals surface area contributed by atoms with Crippen LogP contribution in [0.2, 0.25) is 0 Å². The molecule has 0 spiro atoms. The summed E-state index contributed by atoms with van der Waals surface area (Å²) in [4.78, 5) is 21.3. The van der Waals surface area contributed by atoms with Crippen molar-refractivity contribution < 1.29 is 15.0 Å². The molecule has 0 heterocycles. The van der Waals surface area contributed by atoms with Gasteiger partial charge in [0.05, 0.1) is 0 Å². The maximum atomic E-state index is 11.1. The zero-order valence-electron chi connectivity index (χ0n) is 7.31. The first-order valence-electron chi connectivity index (χ1n) is 3.71. The summed E-state index contributed by atoms with van der Waals surface area (Å²) < 4.78 is 0. The number of nitroso groups, excluding NO2 is 1. The number of carbonyl (C=O) groups is 1. The molecule has 6 nitrogen and oxygen atoms in total. The summed E-state index contributed by atoms with van der Waals surface area (Å²) in [7, 11) is 1.40. The standard InChI is InChI=1S/C8H8N2O4/c1-9-8(13)4-2-5(10-14)7(12)6(11)3-4/h2-3,11-12H,1H3,(H,9,13). The molecule has 0 aliphatic rings. The predicted molar refractivity (Wildman–Crippen MR) is 48.6 cm³/mol. The highest BCUT2D eigenvalue weighted by Crippen LogP contribution is 2.36. The second kappa shape index (κ2) is 3.73. The van der Waals surface area contributed by atoms with Crippen molar-refractivity contribution in [1.82, 2.24) is 5.32 Å². The number of nitrogens with zero attached hydrogens (tertiary/aromatic N) is 1. The third-order valence-corrected chi connectivity index (χ3v) is 1.66. The second-order valence-electron chi connectivity index (χ2n) is 2.53. The van der Waals surface area contributed by atoms with Gasteiger partial charge in [-0.05, 0) is 17.3 Å². The van der Waals surface area contributed by atoms with Crippen molar-refractivity contribution in [3.05, 3.63) is 22.6 Å². The van der Waals surface area contributed by atoms with Crippen LogP contribution in [0.3, 0.4) is 0 Å². The van der Waals surface area contributed by atoms with E-state index in [0.29, 0.717) is 0 Å². The van der Waals surface area contributed by atoms with E-state index in [-0.39, 0.29) is 11.3 Å². The second-order valence-corrected chi connectivity index (χ2v) is 2.53. The Hall–Kier alpha value is -2.11. The number of rotatable bonds is 2. The first kappa shape index (κ1) is 9.97. The van der Waals surface area contributed by atoms with E-state index in [1.807, 2.05) is 0 Å². The van der Waals surface area contributed by atoms with Gasteiger partial charge in [-0.1, -0.05) is 0 Å². The molecular weight excluding hydrogens is 188 g/mol. The predicted octanol–water partition coefficient (Wildman–Crippen LogP) is 0.855. The van der Waals surface area contributed by atoms with Crippen molar-refractivity contribution in [3.63, 3.8) is 0 Å². The number of nitrogens with one attached hydrogen (secondary N) is 1. The van der Waals surface area contributed by atoms with E-state index in [0.717, 1.165) is 12.1 Å². The van der Waals surface area contributed by atoms with Gasteiger partial charge in [0.1, 0.15) is 0 Å². The van der Waals surface area contributed by atoms with Crippen molar-refractivity contribution in [2.75, 3.05) is 7.05 Å². The van der Waals surface area contributed by atoms with Crippen molar-refractivity contribution in [2.24, 2.45) is 5.18 Å². The van der Waals surface area contributed by atoms with Crippen LogP contribution in [-0.4, -0.2) is 23.2 Å². The van der Waals surface area contributed by atoms with Crippen LogP contribution in [-0.2, 0) is 0 Å². The Labute approximate surface area is 79.2 Å². The third-order valence-electron chi connectivity index (χ3n) is 1.66. The molecule has 0 aromatic heterocycles. The molecule has 0 fully saturated rings. The highest BCUT2D eigenvalue weighted by atomic mass is 16.3. The van der Waals surface area contributed by atoms with Gasteiger partial charge < -0.3 is 15.5 Å². The van der Waals surface area contributed by atoms with Crippen molar-refractivity contribution in [2.45, 2.75) is 0 Å². The molecule has 74 valence electrons. The van der Waals surface area contributed by atoms with Gasteiger partial charge in [0.25, 0.3) is 5.91 Å².